The van der Waals surface area contributed by atoms with Gasteiger partial charge in [0.25, 0.3) is 0 Å². The zero-order valence-corrected chi connectivity index (χ0v) is 11.3. The van der Waals surface area contributed by atoms with Gasteiger partial charge in [0.05, 0.1) is 17.4 Å². The highest BCUT2D eigenvalue weighted by Gasteiger charge is 2.29. The van der Waals surface area contributed by atoms with Crippen molar-refractivity contribution >= 4 is 17.5 Å². The van der Waals surface area contributed by atoms with Gasteiger partial charge < -0.3 is 9.64 Å². The molecule has 0 unspecified atom stereocenters. The molecule has 0 spiro atoms. The van der Waals surface area contributed by atoms with Crippen LogP contribution >= 0.6 is 0 Å². The molecule has 1 aliphatic heterocycles. The van der Waals surface area contributed by atoms with Crippen molar-refractivity contribution in [3.63, 3.8) is 0 Å². The van der Waals surface area contributed by atoms with E-state index in [2.05, 4.69) is 4.98 Å². The normalized spacial score (nSPS) is 15.9. The second kappa shape index (κ2) is 6.31. The molecule has 0 amide bonds. The summed E-state index contributed by atoms with van der Waals surface area (Å²) in [4.78, 5) is 28.2. The first kappa shape index (κ1) is 14.2. The topological polar surface area (TPSA) is 85.6 Å². The van der Waals surface area contributed by atoms with Gasteiger partial charge in [0.1, 0.15) is 0 Å². The van der Waals surface area contributed by atoms with E-state index in [1.54, 1.807) is 19.2 Å². The van der Waals surface area contributed by atoms with Crippen molar-refractivity contribution in [2.24, 2.45) is 5.92 Å². The highest BCUT2D eigenvalue weighted by molar-refractivity contribution is 5.73. The SMILES string of the molecule is CCOC(=O)C1CCN(c2ncccc2[N+](=O)[O-])CC1. The summed E-state index contributed by atoms with van der Waals surface area (Å²) < 4.78 is 5.00. The molecular formula is C13H17N3O4. The lowest BCUT2D eigenvalue weighted by atomic mass is 9.97. The molecule has 1 saturated heterocycles. The Kier molecular flexibility index (Phi) is 4.49. The third-order valence-electron chi connectivity index (χ3n) is 3.38. The lowest BCUT2D eigenvalue weighted by Gasteiger charge is -2.31. The van der Waals surface area contributed by atoms with Crippen molar-refractivity contribution in [2.75, 3.05) is 24.6 Å². The van der Waals surface area contributed by atoms with Crippen molar-refractivity contribution < 1.29 is 14.5 Å². The molecule has 7 heteroatoms. The molecule has 7 nitrogen and oxygen atoms in total. The van der Waals surface area contributed by atoms with Gasteiger partial charge in [-0.1, -0.05) is 0 Å². The van der Waals surface area contributed by atoms with E-state index in [1.807, 2.05) is 4.90 Å². The fourth-order valence-corrected chi connectivity index (χ4v) is 2.36. The molecule has 1 aromatic heterocycles. The van der Waals surface area contributed by atoms with Gasteiger partial charge in [-0.15, -0.1) is 0 Å². The monoisotopic (exact) mass is 279 g/mol. The maximum Gasteiger partial charge on any atom is 0.311 e. The average Bonchev–Trinajstić information content (AvgIpc) is 2.47. The number of nitro groups is 1. The maximum absolute atomic E-state index is 11.7. The van der Waals surface area contributed by atoms with E-state index in [9.17, 15) is 14.9 Å². The van der Waals surface area contributed by atoms with Crippen LogP contribution in [-0.4, -0.2) is 35.6 Å². The molecule has 1 fully saturated rings. The number of nitrogens with zero attached hydrogens (tertiary/aromatic N) is 3. The van der Waals surface area contributed by atoms with E-state index in [0.29, 0.717) is 38.4 Å². The Labute approximate surface area is 116 Å². The predicted molar refractivity (Wildman–Crippen MR) is 72.5 cm³/mol. The highest BCUT2D eigenvalue weighted by atomic mass is 16.6. The Morgan fingerprint density at radius 2 is 2.25 bits per heavy atom. The predicted octanol–water partition coefficient (Wildman–Crippen LogP) is 1.77. The molecule has 1 aliphatic rings. The van der Waals surface area contributed by atoms with Crippen molar-refractivity contribution in [3.8, 4) is 0 Å². The van der Waals surface area contributed by atoms with E-state index in [1.165, 1.54) is 6.07 Å². The molecule has 1 aromatic rings. The van der Waals surface area contributed by atoms with Crippen LogP contribution in [0.25, 0.3) is 0 Å². The number of anilines is 1. The molecule has 0 radical (unpaired) electrons. The summed E-state index contributed by atoms with van der Waals surface area (Å²) in [5.74, 6) is 0.0800. The Bertz CT molecular complexity index is 498. The van der Waals surface area contributed by atoms with Crippen LogP contribution in [0.4, 0.5) is 11.5 Å². The van der Waals surface area contributed by atoms with E-state index >= 15 is 0 Å². The van der Waals surface area contributed by atoms with Gasteiger partial charge in [-0.2, -0.15) is 0 Å². The number of piperidine rings is 1. The lowest BCUT2D eigenvalue weighted by molar-refractivity contribution is -0.384. The van der Waals surface area contributed by atoms with Crippen molar-refractivity contribution in [2.45, 2.75) is 19.8 Å². The zero-order chi connectivity index (χ0) is 14.5. The number of aromatic nitrogens is 1. The second-order valence-corrected chi connectivity index (χ2v) is 4.62. The maximum atomic E-state index is 11.7. The van der Waals surface area contributed by atoms with Crippen molar-refractivity contribution in [3.05, 3.63) is 28.4 Å². The Morgan fingerprint density at radius 1 is 1.55 bits per heavy atom. The lowest BCUT2D eigenvalue weighted by Crippen LogP contribution is -2.37. The van der Waals surface area contributed by atoms with Gasteiger partial charge in [0, 0.05) is 25.4 Å². The third kappa shape index (κ3) is 3.04. The van der Waals surface area contributed by atoms with Crippen LogP contribution in [0.3, 0.4) is 0 Å². The molecule has 0 aliphatic carbocycles. The van der Waals surface area contributed by atoms with Crippen LogP contribution in [0.5, 0.6) is 0 Å². The summed E-state index contributed by atoms with van der Waals surface area (Å²) in [6, 6.07) is 2.99. The first-order valence-corrected chi connectivity index (χ1v) is 6.64. The number of carbonyl (C=O) groups is 1. The molecule has 2 rings (SSSR count). The number of esters is 1. The fourth-order valence-electron chi connectivity index (χ4n) is 2.36. The zero-order valence-electron chi connectivity index (χ0n) is 11.3. The van der Waals surface area contributed by atoms with Gasteiger partial charge in [0.2, 0.25) is 5.82 Å². The number of pyridine rings is 1. The van der Waals surface area contributed by atoms with Gasteiger partial charge in [0.15, 0.2) is 0 Å². The molecule has 0 aromatic carbocycles. The molecule has 108 valence electrons. The highest BCUT2D eigenvalue weighted by Crippen LogP contribution is 2.29. The van der Waals surface area contributed by atoms with E-state index in [-0.39, 0.29) is 17.6 Å². The summed E-state index contributed by atoms with van der Waals surface area (Å²) in [7, 11) is 0. The fraction of sp³-hybridized carbons (Fsp3) is 0.538. The largest absolute Gasteiger partial charge is 0.466 e. The summed E-state index contributed by atoms with van der Waals surface area (Å²) >= 11 is 0. The summed E-state index contributed by atoms with van der Waals surface area (Å²) in [6.07, 6.45) is 2.80. The van der Waals surface area contributed by atoms with Crippen molar-refractivity contribution in [1.82, 2.24) is 4.98 Å². The first-order valence-electron chi connectivity index (χ1n) is 6.64. The molecule has 20 heavy (non-hydrogen) atoms. The Hall–Kier alpha value is -2.18. The minimum atomic E-state index is -0.431. The molecule has 0 N–H and O–H groups in total. The number of hydrogen-bond acceptors (Lipinski definition) is 6. The number of carbonyl (C=O) groups excluding carboxylic acids is 1. The average molecular weight is 279 g/mol. The summed E-state index contributed by atoms with van der Waals surface area (Å²) in [5, 5.41) is 11.0. The van der Waals surface area contributed by atoms with Gasteiger partial charge in [-0.3, -0.25) is 14.9 Å². The van der Waals surface area contributed by atoms with Gasteiger partial charge in [-0.05, 0) is 25.8 Å². The molecular weight excluding hydrogens is 262 g/mol. The minimum Gasteiger partial charge on any atom is -0.466 e. The Balaban J connectivity index is 2.04. The van der Waals surface area contributed by atoms with Crippen LogP contribution in [0.15, 0.2) is 18.3 Å². The van der Waals surface area contributed by atoms with E-state index < -0.39 is 4.92 Å². The van der Waals surface area contributed by atoms with Gasteiger partial charge in [-0.25, -0.2) is 4.98 Å². The quantitative estimate of drug-likeness (QED) is 0.474. The molecule has 2 heterocycles. The third-order valence-corrected chi connectivity index (χ3v) is 3.38. The van der Waals surface area contributed by atoms with Crippen LogP contribution < -0.4 is 4.90 Å². The summed E-state index contributed by atoms with van der Waals surface area (Å²) in [5.41, 5.74) is 0.00193. The second-order valence-electron chi connectivity index (χ2n) is 4.62. The number of rotatable bonds is 4. The van der Waals surface area contributed by atoms with E-state index in [4.69, 9.17) is 4.74 Å². The molecule has 0 bridgehead atoms. The van der Waals surface area contributed by atoms with Gasteiger partial charge >= 0.3 is 11.7 Å². The summed E-state index contributed by atoms with van der Waals surface area (Å²) in [6.45, 7) is 3.30. The van der Waals surface area contributed by atoms with E-state index in [0.717, 1.165) is 0 Å². The first-order chi connectivity index (χ1) is 9.63. The number of ether oxygens (including phenoxy) is 1. The van der Waals surface area contributed by atoms with Crippen LogP contribution in [0, 0.1) is 16.0 Å². The van der Waals surface area contributed by atoms with Crippen LogP contribution in [0.1, 0.15) is 19.8 Å². The number of hydrogen-bond donors (Lipinski definition) is 0. The standard InChI is InChI=1S/C13H17N3O4/c1-2-20-13(17)10-5-8-15(9-6-10)12-11(16(18)19)4-3-7-14-12/h3-4,7,10H,2,5-6,8-9H2,1H3. The minimum absolute atomic E-state index is 0.00193. The smallest absolute Gasteiger partial charge is 0.311 e. The molecule has 0 atom stereocenters. The van der Waals surface area contributed by atoms with Crippen molar-refractivity contribution in [1.29, 1.82) is 0 Å². The van der Waals surface area contributed by atoms with Crippen LogP contribution in [-0.2, 0) is 9.53 Å². The molecule has 0 saturated carbocycles. The Morgan fingerprint density at radius 3 is 2.85 bits per heavy atom. The van der Waals surface area contributed by atoms with Crippen LogP contribution in [0.2, 0.25) is 0 Å².